The van der Waals surface area contributed by atoms with E-state index in [2.05, 4.69) is 43.9 Å². The van der Waals surface area contributed by atoms with E-state index in [0.717, 1.165) is 37.5 Å². The first-order valence-corrected chi connectivity index (χ1v) is 12.9. The van der Waals surface area contributed by atoms with Gasteiger partial charge in [-0.25, -0.2) is 0 Å². The van der Waals surface area contributed by atoms with E-state index in [0.29, 0.717) is 17.6 Å². The van der Waals surface area contributed by atoms with Crippen molar-refractivity contribution in [2.45, 2.75) is 90.9 Å². The Balaban J connectivity index is 1.15. The lowest BCUT2D eigenvalue weighted by molar-refractivity contribution is -0.121. The maximum Gasteiger partial charge on any atom is 0.133 e. The summed E-state index contributed by atoms with van der Waals surface area (Å²) in [5.41, 5.74) is 3.18. The van der Waals surface area contributed by atoms with Crippen molar-refractivity contribution in [1.82, 2.24) is 4.90 Å². The van der Waals surface area contributed by atoms with Crippen molar-refractivity contribution in [3.8, 4) is 5.75 Å². The molecule has 0 spiro atoms. The molecule has 172 valence electrons. The van der Waals surface area contributed by atoms with Gasteiger partial charge in [0, 0.05) is 24.8 Å². The second-order valence-electron chi connectivity index (χ2n) is 11.7. The Kier molecular flexibility index (Phi) is 7.41. The first-order valence-electron chi connectivity index (χ1n) is 12.9. The maximum atomic E-state index is 12.3. The minimum atomic E-state index is 0.135. The molecule has 1 saturated heterocycles. The molecule has 1 aliphatic carbocycles. The third kappa shape index (κ3) is 6.34. The molecule has 3 nitrogen and oxygen atoms in total. The van der Waals surface area contributed by atoms with Gasteiger partial charge >= 0.3 is 0 Å². The molecule has 1 saturated carbocycles. The van der Waals surface area contributed by atoms with Crippen molar-refractivity contribution in [3.05, 3.63) is 29.3 Å². The highest BCUT2D eigenvalue weighted by atomic mass is 16.5. The number of ether oxygens (including phenoxy) is 1. The van der Waals surface area contributed by atoms with Crippen molar-refractivity contribution in [1.29, 1.82) is 0 Å². The summed E-state index contributed by atoms with van der Waals surface area (Å²) in [6, 6.07) is 6.66. The first-order chi connectivity index (χ1) is 14.9. The molecule has 0 bridgehead atoms. The van der Waals surface area contributed by atoms with Crippen molar-refractivity contribution < 1.29 is 9.53 Å². The van der Waals surface area contributed by atoms with Gasteiger partial charge in [0.25, 0.3) is 0 Å². The Hall–Kier alpha value is -1.35. The number of fused-ring (bicyclic) bond motifs is 1. The van der Waals surface area contributed by atoms with Gasteiger partial charge in [0.05, 0.1) is 6.61 Å². The molecular weight excluding hydrogens is 382 g/mol. The molecule has 0 atom stereocenters. The van der Waals surface area contributed by atoms with Crippen molar-refractivity contribution >= 4 is 5.78 Å². The second-order valence-corrected chi connectivity index (χ2v) is 11.7. The molecular formula is C28H43NO2. The summed E-state index contributed by atoms with van der Waals surface area (Å²) in [5, 5.41) is 0. The summed E-state index contributed by atoms with van der Waals surface area (Å²) in [5.74, 6) is 3.86. The zero-order valence-corrected chi connectivity index (χ0v) is 20.1. The zero-order valence-electron chi connectivity index (χ0n) is 20.1. The third-order valence-corrected chi connectivity index (χ3v) is 7.87. The summed E-state index contributed by atoms with van der Waals surface area (Å²) < 4.78 is 5.78. The number of carbonyl (C=O) groups is 1. The van der Waals surface area contributed by atoms with E-state index < -0.39 is 0 Å². The van der Waals surface area contributed by atoms with Gasteiger partial charge in [0.15, 0.2) is 0 Å². The van der Waals surface area contributed by atoms with Crippen LogP contribution in [0.3, 0.4) is 0 Å². The van der Waals surface area contributed by atoms with E-state index in [1.165, 1.54) is 70.1 Å². The van der Waals surface area contributed by atoms with Crippen LogP contribution in [-0.2, 0) is 11.2 Å². The summed E-state index contributed by atoms with van der Waals surface area (Å²) in [6.07, 6.45) is 11.8. The van der Waals surface area contributed by atoms with E-state index >= 15 is 0 Å². The highest BCUT2D eigenvalue weighted by molar-refractivity contribution is 5.79. The van der Waals surface area contributed by atoms with E-state index in [1.54, 1.807) is 5.56 Å². The molecule has 2 aliphatic heterocycles. The Morgan fingerprint density at radius 1 is 1.03 bits per heavy atom. The normalized spacial score (nSPS) is 25.3. The number of rotatable bonds is 7. The summed E-state index contributed by atoms with van der Waals surface area (Å²) in [4.78, 5) is 15.0. The second kappa shape index (κ2) is 10.1. The van der Waals surface area contributed by atoms with Crippen LogP contribution in [-0.4, -0.2) is 36.9 Å². The fourth-order valence-corrected chi connectivity index (χ4v) is 6.17. The predicted molar refractivity (Wildman–Crippen MR) is 128 cm³/mol. The number of nitrogens with zero attached hydrogens (tertiary/aromatic N) is 1. The van der Waals surface area contributed by atoms with Crippen molar-refractivity contribution in [2.24, 2.45) is 17.3 Å². The molecule has 0 aromatic heterocycles. The van der Waals surface area contributed by atoms with Gasteiger partial charge in [0.1, 0.15) is 11.5 Å². The van der Waals surface area contributed by atoms with Crippen LogP contribution in [0.4, 0.5) is 0 Å². The minimum Gasteiger partial charge on any atom is -0.493 e. The van der Waals surface area contributed by atoms with Gasteiger partial charge < -0.3 is 9.64 Å². The number of piperidine rings is 1. The topological polar surface area (TPSA) is 29.5 Å². The smallest absolute Gasteiger partial charge is 0.133 e. The molecule has 2 fully saturated rings. The lowest BCUT2D eigenvalue weighted by Gasteiger charge is -2.35. The van der Waals surface area contributed by atoms with Gasteiger partial charge in [-0.2, -0.15) is 0 Å². The van der Waals surface area contributed by atoms with Crippen LogP contribution in [0, 0.1) is 17.3 Å². The largest absolute Gasteiger partial charge is 0.493 e. The lowest BCUT2D eigenvalue weighted by atomic mass is 9.77. The van der Waals surface area contributed by atoms with E-state index in [9.17, 15) is 4.79 Å². The first kappa shape index (κ1) is 22.8. The lowest BCUT2D eigenvalue weighted by Crippen LogP contribution is -2.35. The number of likely N-dealkylation sites (tertiary alicyclic amines) is 1. The predicted octanol–water partition coefficient (Wildman–Crippen LogP) is 6.39. The Bertz CT molecular complexity index is 734. The van der Waals surface area contributed by atoms with E-state index in [1.807, 2.05) is 0 Å². The molecule has 3 aliphatic rings. The Morgan fingerprint density at radius 3 is 2.45 bits per heavy atom. The maximum absolute atomic E-state index is 12.3. The summed E-state index contributed by atoms with van der Waals surface area (Å²) in [6.45, 7) is 11.1. The summed E-state index contributed by atoms with van der Waals surface area (Å²) >= 11 is 0. The molecule has 3 heteroatoms. The standard InChI is InChI=1S/C28H43NO2/c1-28(2,3)20-24(30)19-22-9-7-21(8-10-22)11-15-29-16-12-23(13-17-29)25-5-4-6-27-26(25)14-18-31-27/h4-6,21-23H,7-20H2,1-3H3. The molecule has 4 rings (SSSR count). The van der Waals surface area contributed by atoms with Crippen LogP contribution in [0.25, 0.3) is 0 Å². The van der Waals surface area contributed by atoms with Crippen LogP contribution < -0.4 is 4.74 Å². The van der Waals surface area contributed by atoms with Crippen LogP contribution >= 0.6 is 0 Å². The number of carbonyl (C=O) groups excluding carboxylic acids is 1. The molecule has 0 N–H and O–H groups in total. The minimum absolute atomic E-state index is 0.135. The van der Waals surface area contributed by atoms with Crippen LogP contribution in [0.5, 0.6) is 5.75 Å². The summed E-state index contributed by atoms with van der Waals surface area (Å²) in [7, 11) is 0. The molecule has 0 amide bonds. The van der Waals surface area contributed by atoms with E-state index in [4.69, 9.17) is 4.74 Å². The zero-order chi connectivity index (χ0) is 21.8. The van der Waals surface area contributed by atoms with Crippen LogP contribution in [0.15, 0.2) is 18.2 Å². The van der Waals surface area contributed by atoms with Crippen LogP contribution in [0.2, 0.25) is 0 Å². The highest BCUT2D eigenvalue weighted by Crippen LogP contribution is 2.38. The number of Topliss-reactive ketones (excluding diaryl/α,β-unsaturated/α-hetero) is 1. The quantitative estimate of drug-likeness (QED) is 0.507. The molecule has 2 heterocycles. The molecule has 0 unspecified atom stereocenters. The molecule has 0 radical (unpaired) electrons. The fraction of sp³-hybridized carbons (Fsp3) is 0.750. The average Bonchev–Trinajstić information content (AvgIpc) is 3.21. The SMILES string of the molecule is CC(C)(C)CC(=O)CC1CCC(CCN2CCC(c3cccc4c3CCO4)CC2)CC1. The van der Waals surface area contributed by atoms with Gasteiger partial charge in [-0.3, -0.25) is 4.79 Å². The van der Waals surface area contributed by atoms with Gasteiger partial charge in [-0.15, -0.1) is 0 Å². The number of benzene rings is 1. The molecule has 1 aromatic rings. The fourth-order valence-electron chi connectivity index (χ4n) is 6.17. The number of hydrogen-bond acceptors (Lipinski definition) is 3. The Labute approximate surface area is 189 Å². The number of ketones is 1. The van der Waals surface area contributed by atoms with Crippen molar-refractivity contribution in [3.63, 3.8) is 0 Å². The number of hydrogen-bond donors (Lipinski definition) is 0. The highest BCUT2D eigenvalue weighted by Gasteiger charge is 2.28. The molecule has 1 aromatic carbocycles. The monoisotopic (exact) mass is 425 g/mol. The van der Waals surface area contributed by atoms with Gasteiger partial charge in [-0.05, 0) is 86.5 Å². The molecule has 31 heavy (non-hydrogen) atoms. The van der Waals surface area contributed by atoms with Crippen LogP contribution in [0.1, 0.15) is 95.6 Å². The third-order valence-electron chi connectivity index (χ3n) is 7.87. The van der Waals surface area contributed by atoms with Gasteiger partial charge in [0.2, 0.25) is 0 Å². The average molecular weight is 426 g/mol. The Morgan fingerprint density at radius 2 is 1.74 bits per heavy atom. The van der Waals surface area contributed by atoms with Crippen molar-refractivity contribution in [2.75, 3.05) is 26.2 Å². The van der Waals surface area contributed by atoms with E-state index in [-0.39, 0.29) is 5.41 Å². The van der Waals surface area contributed by atoms with Gasteiger partial charge in [-0.1, -0.05) is 45.7 Å².